The predicted molar refractivity (Wildman–Crippen MR) is 110 cm³/mol. The molecule has 0 aromatic heterocycles. The number of carbonyl (C=O) groups is 4. The first-order valence-corrected chi connectivity index (χ1v) is 10.1. The number of nitrogens with zero attached hydrogens (tertiary/aromatic N) is 1. The number of aliphatic carboxylic acids is 1. The van der Waals surface area contributed by atoms with Crippen molar-refractivity contribution in [1.29, 1.82) is 0 Å². The van der Waals surface area contributed by atoms with Gasteiger partial charge in [-0.2, -0.15) is 0 Å². The van der Waals surface area contributed by atoms with E-state index in [2.05, 4.69) is 10.6 Å². The molecule has 9 heteroatoms. The summed E-state index contributed by atoms with van der Waals surface area (Å²) < 4.78 is 0. The lowest BCUT2D eigenvalue weighted by molar-refractivity contribution is -0.141. The van der Waals surface area contributed by atoms with E-state index in [9.17, 15) is 19.2 Å². The van der Waals surface area contributed by atoms with Gasteiger partial charge < -0.3 is 26.4 Å². The summed E-state index contributed by atoms with van der Waals surface area (Å²) in [7, 11) is 0. The van der Waals surface area contributed by atoms with Crippen LogP contribution in [0.2, 0.25) is 0 Å². The van der Waals surface area contributed by atoms with Crippen LogP contribution in [-0.2, 0) is 25.6 Å². The first-order valence-electron chi connectivity index (χ1n) is 10.1. The molecule has 3 unspecified atom stereocenters. The predicted octanol–water partition coefficient (Wildman–Crippen LogP) is -0.111. The molecule has 1 heterocycles. The van der Waals surface area contributed by atoms with Gasteiger partial charge in [0.25, 0.3) is 0 Å². The molecule has 9 nitrogen and oxygen atoms in total. The Balaban J connectivity index is 2.01. The zero-order valence-corrected chi connectivity index (χ0v) is 17.3. The van der Waals surface area contributed by atoms with Gasteiger partial charge in [-0.15, -0.1) is 0 Å². The molecule has 2 rings (SSSR count). The summed E-state index contributed by atoms with van der Waals surface area (Å²) in [5.74, 6) is -2.73. The normalized spacial score (nSPS) is 18.0. The molecule has 30 heavy (non-hydrogen) atoms. The monoisotopic (exact) mass is 418 g/mol. The lowest BCUT2D eigenvalue weighted by Gasteiger charge is -2.29. The van der Waals surface area contributed by atoms with Gasteiger partial charge in [0.05, 0.1) is 6.04 Å². The molecule has 1 aromatic rings. The summed E-state index contributed by atoms with van der Waals surface area (Å²) in [6, 6.07) is 7.06. The summed E-state index contributed by atoms with van der Waals surface area (Å²) in [4.78, 5) is 50.2. The highest BCUT2D eigenvalue weighted by Gasteiger charge is 2.38. The highest BCUT2D eigenvalue weighted by atomic mass is 16.4. The molecule has 0 aliphatic carbocycles. The lowest BCUT2D eigenvalue weighted by Crippen LogP contribution is -2.57. The van der Waals surface area contributed by atoms with Gasteiger partial charge in [-0.25, -0.2) is 0 Å². The van der Waals surface area contributed by atoms with Crippen LogP contribution in [0.1, 0.15) is 32.3 Å². The third-order valence-electron chi connectivity index (χ3n) is 5.11. The first-order chi connectivity index (χ1) is 14.2. The molecular weight excluding hydrogens is 388 g/mol. The number of carbonyl (C=O) groups excluding carboxylic acids is 3. The zero-order valence-electron chi connectivity index (χ0n) is 17.3. The highest BCUT2D eigenvalue weighted by molar-refractivity contribution is 5.94. The first kappa shape index (κ1) is 23.3. The van der Waals surface area contributed by atoms with Crippen molar-refractivity contribution in [3.63, 3.8) is 0 Å². The highest BCUT2D eigenvalue weighted by Crippen LogP contribution is 2.20. The van der Waals surface area contributed by atoms with E-state index < -0.39 is 42.5 Å². The Kier molecular flexibility index (Phi) is 8.35. The van der Waals surface area contributed by atoms with Crippen molar-refractivity contribution < 1.29 is 24.3 Å². The Morgan fingerprint density at radius 3 is 2.47 bits per heavy atom. The number of nitrogens with one attached hydrogen (secondary N) is 2. The number of hydrogen-bond donors (Lipinski definition) is 4. The molecule has 164 valence electrons. The summed E-state index contributed by atoms with van der Waals surface area (Å²) in [5.41, 5.74) is 7.05. The number of nitrogens with two attached hydrogens (primary N) is 1. The standard InChI is InChI=1S/C21H30N4O5/c1-13(2)18(20(29)23-12-17(26)27)24-19(28)16-9-6-10-25(16)21(30)15(22)11-14-7-4-3-5-8-14/h3-5,7-8,13,15-16,18H,6,9-12,22H2,1-2H3,(H,23,29)(H,24,28)(H,26,27). The van der Waals surface area contributed by atoms with E-state index in [0.717, 1.165) is 5.56 Å². The van der Waals surface area contributed by atoms with E-state index in [1.54, 1.807) is 13.8 Å². The quantitative estimate of drug-likeness (QED) is 0.441. The minimum atomic E-state index is -1.17. The number of hydrogen-bond acceptors (Lipinski definition) is 5. The Morgan fingerprint density at radius 2 is 1.87 bits per heavy atom. The summed E-state index contributed by atoms with van der Waals surface area (Å²) >= 11 is 0. The second kappa shape index (κ2) is 10.7. The average Bonchev–Trinajstić information content (AvgIpc) is 3.19. The fourth-order valence-corrected chi connectivity index (χ4v) is 3.53. The Bertz CT molecular complexity index is 768. The van der Waals surface area contributed by atoms with Crippen LogP contribution >= 0.6 is 0 Å². The lowest BCUT2D eigenvalue weighted by atomic mass is 10.0. The van der Waals surface area contributed by atoms with Crippen molar-refractivity contribution in [3.05, 3.63) is 35.9 Å². The Hall–Kier alpha value is -2.94. The molecule has 0 saturated carbocycles. The van der Waals surface area contributed by atoms with Gasteiger partial charge in [-0.05, 0) is 30.7 Å². The fourth-order valence-electron chi connectivity index (χ4n) is 3.53. The molecule has 5 N–H and O–H groups in total. The van der Waals surface area contributed by atoms with Gasteiger partial charge in [0.15, 0.2) is 0 Å². The average molecular weight is 418 g/mol. The van der Waals surface area contributed by atoms with E-state index in [1.165, 1.54) is 4.90 Å². The van der Waals surface area contributed by atoms with Gasteiger partial charge in [-0.1, -0.05) is 44.2 Å². The third kappa shape index (κ3) is 6.28. The maximum Gasteiger partial charge on any atom is 0.322 e. The minimum absolute atomic E-state index is 0.256. The molecule has 0 bridgehead atoms. The van der Waals surface area contributed by atoms with Crippen LogP contribution in [0.25, 0.3) is 0 Å². The Labute approximate surface area is 176 Å². The van der Waals surface area contributed by atoms with Crippen molar-refractivity contribution in [1.82, 2.24) is 15.5 Å². The second-order valence-corrected chi connectivity index (χ2v) is 7.83. The fraction of sp³-hybridized carbons (Fsp3) is 0.524. The van der Waals surface area contributed by atoms with Crippen molar-refractivity contribution in [2.45, 2.75) is 51.2 Å². The van der Waals surface area contributed by atoms with Gasteiger partial charge in [-0.3, -0.25) is 19.2 Å². The van der Waals surface area contributed by atoms with Crippen LogP contribution in [0.5, 0.6) is 0 Å². The Morgan fingerprint density at radius 1 is 1.20 bits per heavy atom. The van der Waals surface area contributed by atoms with Crippen LogP contribution < -0.4 is 16.4 Å². The van der Waals surface area contributed by atoms with E-state index in [4.69, 9.17) is 10.8 Å². The minimum Gasteiger partial charge on any atom is -0.480 e. The molecule has 1 aliphatic heterocycles. The molecule has 3 amide bonds. The second-order valence-electron chi connectivity index (χ2n) is 7.83. The molecule has 1 saturated heterocycles. The number of benzene rings is 1. The van der Waals surface area contributed by atoms with Crippen LogP contribution in [0.4, 0.5) is 0 Å². The number of likely N-dealkylation sites (tertiary alicyclic amines) is 1. The molecule has 1 aromatic carbocycles. The van der Waals surface area contributed by atoms with Gasteiger partial charge in [0.1, 0.15) is 18.6 Å². The largest absolute Gasteiger partial charge is 0.480 e. The molecule has 0 radical (unpaired) electrons. The van der Waals surface area contributed by atoms with E-state index in [1.807, 2.05) is 30.3 Å². The summed E-state index contributed by atoms with van der Waals surface area (Å²) in [5, 5.41) is 13.7. The number of carboxylic acid groups (broad SMARTS) is 1. The van der Waals surface area contributed by atoms with Crippen LogP contribution in [-0.4, -0.2) is 64.9 Å². The summed E-state index contributed by atoms with van der Waals surface area (Å²) in [6.45, 7) is 3.40. The van der Waals surface area contributed by atoms with Crippen molar-refractivity contribution in [2.24, 2.45) is 11.7 Å². The molecule has 3 atom stereocenters. The SMILES string of the molecule is CC(C)C(NC(=O)C1CCCN1C(=O)C(N)Cc1ccccc1)C(=O)NCC(=O)O. The van der Waals surface area contributed by atoms with Crippen LogP contribution in [0.3, 0.4) is 0 Å². The maximum absolute atomic E-state index is 12.9. The van der Waals surface area contributed by atoms with E-state index >= 15 is 0 Å². The smallest absolute Gasteiger partial charge is 0.322 e. The summed E-state index contributed by atoms with van der Waals surface area (Å²) in [6.07, 6.45) is 1.52. The molecule has 1 aliphatic rings. The van der Waals surface area contributed by atoms with Crippen molar-refractivity contribution in [3.8, 4) is 0 Å². The van der Waals surface area contributed by atoms with Crippen molar-refractivity contribution >= 4 is 23.7 Å². The van der Waals surface area contributed by atoms with Gasteiger partial charge in [0.2, 0.25) is 17.7 Å². The van der Waals surface area contributed by atoms with Gasteiger partial charge >= 0.3 is 5.97 Å². The zero-order chi connectivity index (χ0) is 22.3. The number of carboxylic acids is 1. The van der Waals surface area contributed by atoms with Crippen LogP contribution in [0.15, 0.2) is 30.3 Å². The maximum atomic E-state index is 12.9. The number of rotatable bonds is 9. The van der Waals surface area contributed by atoms with Gasteiger partial charge in [0, 0.05) is 6.54 Å². The third-order valence-corrected chi connectivity index (χ3v) is 5.11. The number of amides is 3. The molecular formula is C21H30N4O5. The van der Waals surface area contributed by atoms with E-state index in [-0.39, 0.29) is 11.8 Å². The van der Waals surface area contributed by atoms with Crippen LogP contribution in [0, 0.1) is 5.92 Å². The molecule has 0 spiro atoms. The van der Waals surface area contributed by atoms with Crippen molar-refractivity contribution in [2.75, 3.05) is 13.1 Å². The topological polar surface area (TPSA) is 142 Å². The van der Waals surface area contributed by atoms with E-state index in [0.29, 0.717) is 25.8 Å². The molecule has 1 fully saturated rings.